The Morgan fingerprint density at radius 1 is 1.14 bits per heavy atom. The first-order chi connectivity index (χ1) is 13.5. The second kappa shape index (κ2) is 9.26. The fraction of sp³-hybridized carbons (Fsp3) is 0.381. The van der Waals surface area contributed by atoms with Gasteiger partial charge in [0.25, 0.3) is 0 Å². The summed E-state index contributed by atoms with van der Waals surface area (Å²) >= 11 is 3.00. The Kier molecular flexibility index (Phi) is 6.76. The number of aryl methyl sites for hydroxylation is 1. The average Bonchev–Trinajstić information content (AvgIpc) is 2.82. The smallest absolute Gasteiger partial charge is 0.238 e. The van der Waals surface area contributed by atoms with Gasteiger partial charge in [-0.25, -0.2) is 0 Å². The summed E-state index contributed by atoms with van der Waals surface area (Å²) in [4.78, 5) is 26.0. The first-order valence-electron chi connectivity index (χ1n) is 9.37. The molecular formula is C21H23N3O2S2. The number of anilines is 2. The molecule has 1 aliphatic carbocycles. The number of rotatable bonds is 5. The molecule has 28 heavy (non-hydrogen) atoms. The van der Waals surface area contributed by atoms with E-state index in [0.717, 1.165) is 41.8 Å². The zero-order chi connectivity index (χ0) is 20.1. The van der Waals surface area contributed by atoms with Gasteiger partial charge in [-0.05, 0) is 62.4 Å². The standard InChI is InChI=1S/C21H23N3O2S2/c1-13(27-16-10-8-15(9-11-16)23-14(2)25)20(26)24-21-18(12-22)17-6-4-3-5-7-19(17)28-21/h8-11,13H,3-7H2,1-2H3,(H,23,25)(H,24,26)/t13-/m0/s1. The fourth-order valence-electron chi connectivity index (χ4n) is 3.24. The van der Waals surface area contributed by atoms with Gasteiger partial charge >= 0.3 is 0 Å². The summed E-state index contributed by atoms with van der Waals surface area (Å²) in [6.45, 7) is 3.32. The van der Waals surface area contributed by atoms with Crippen molar-refractivity contribution >= 4 is 45.6 Å². The summed E-state index contributed by atoms with van der Waals surface area (Å²) in [7, 11) is 0. The van der Waals surface area contributed by atoms with Gasteiger partial charge in [-0.2, -0.15) is 5.26 Å². The minimum atomic E-state index is -0.305. The van der Waals surface area contributed by atoms with Gasteiger partial charge < -0.3 is 10.6 Å². The lowest BCUT2D eigenvalue weighted by Crippen LogP contribution is -2.22. The van der Waals surface area contributed by atoms with Gasteiger partial charge in [0.1, 0.15) is 11.1 Å². The molecule has 7 heteroatoms. The molecule has 3 rings (SSSR count). The molecule has 0 fully saturated rings. The highest BCUT2D eigenvalue weighted by atomic mass is 32.2. The Morgan fingerprint density at radius 2 is 1.86 bits per heavy atom. The molecular weight excluding hydrogens is 390 g/mol. The largest absolute Gasteiger partial charge is 0.326 e. The molecule has 1 aliphatic rings. The number of hydrogen-bond acceptors (Lipinski definition) is 5. The van der Waals surface area contributed by atoms with E-state index in [1.807, 2.05) is 31.2 Å². The molecule has 1 atom stereocenters. The van der Waals surface area contributed by atoms with Gasteiger partial charge in [0.2, 0.25) is 11.8 Å². The van der Waals surface area contributed by atoms with Gasteiger partial charge in [-0.1, -0.05) is 6.42 Å². The number of nitrogens with one attached hydrogen (secondary N) is 2. The normalized spacial score (nSPS) is 14.3. The van der Waals surface area contributed by atoms with Crippen molar-refractivity contribution in [2.45, 2.75) is 56.1 Å². The molecule has 5 nitrogen and oxygen atoms in total. The first kappa shape index (κ1) is 20.4. The van der Waals surface area contributed by atoms with Crippen LogP contribution in [0.5, 0.6) is 0 Å². The van der Waals surface area contributed by atoms with Crippen molar-refractivity contribution in [3.8, 4) is 6.07 Å². The maximum absolute atomic E-state index is 12.7. The van der Waals surface area contributed by atoms with Gasteiger partial charge in [0, 0.05) is 22.4 Å². The van der Waals surface area contributed by atoms with E-state index in [1.165, 1.54) is 30.0 Å². The third-order valence-corrected chi connectivity index (χ3v) is 6.95. The lowest BCUT2D eigenvalue weighted by Gasteiger charge is -2.12. The number of nitrogens with zero attached hydrogens (tertiary/aromatic N) is 1. The van der Waals surface area contributed by atoms with Crippen molar-refractivity contribution in [3.63, 3.8) is 0 Å². The minimum absolute atomic E-state index is 0.108. The van der Waals surface area contributed by atoms with Crippen LogP contribution in [-0.2, 0) is 22.4 Å². The molecule has 1 heterocycles. The van der Waals surface area contributed by atoms with Crippen molar-refractivity contribution in [1.29, 1.82) is 5.26 Å². The zero-order valence-corrected chi connectivity index (χ0v) is 17.6. The molecule has 2 aromatic rings. The summed E-state index contributed by atoms with van der Waals surface area (Å²) in [5, 5.41) is 15.7. The van der Waals surface area contributed by atoms with Crippen LogP contribution in [0, 0.1) is 11.3 Å². The van der Waals surface area contributed by atoms with Crippen LogP contribution < -0.4 is 10.6 Å². The Bertz CT molecular complexity index is 913. The van der Waals surface area contributed by atoms with Gasteiger partial charge in [-0.3, -0.25) is 9.59 Å². The molecule has 0 aliphatic heterocycles. The molecule has 0 spiro atoms. The maximum Gasteiger partial charge on any atom is 0.238 e. The van der Waals surface area contributed by atoms with E-state index in [0.29, 0.717) is 10.6 Å². The van der Waals surface area contributed by atoms with Gasteiger partial charge in [0.15, 0.2) is 0 Å². The summed E-state index contributed by atoms with van der Waals surface area (Å²) < 4.78 is 0. The lowest BCUT2D eigenvalue weighted by molar-refractivity contribution is -0.115. The van der Waals surface area contributed by atoms with Crippen molar-refractivity contribution in [2.75, 3.05) is 10.6 Å². The van der Waals surface area contributed by atoms with Crippen LogP contribution in [0.1, 0.15) is 49.1 Å². The highest BCUT2D eigenvalue weighted by molar-refractivity contribution is 8.00. The molecule has 146 valence electrons. The number of thioether (sulfide) groups is 1. The topological polar surface area (TPSA) is 82.0 Å². The Morgan fingerprint density at radius 3 is 2.54 bits per heavy atom. The van der Waals surface area contributed by atoms with Crippen LogP contribution in [0.4, 0.5) is 10.7 Å². The fourth-order valence-corrected chi connectivity index (χ4v) is 5.35. The highest BCUT2D eigenvalue weighted by Crippen LogP contribution is 2.37. The number of amides is 2. The van der Waals surface area contributed by atoms with Crippen molar-refractivity contribution in [3.05, 3.63) is 40.3 Å². The van der Waals surface area contributed by atoms with Crippen LogP contribution in [-0.4, -0.2) is 17.1 Å². The molecule has 0 unspecified atom stereocenters. The molecule has 0 saturated heterocycles. The van der Waals surface area contributed by atoms with E-state index in [9.17, 15) is 14.9 Å². The monoisotopic (exact) mass is 413 g/mol. The quantitative estimate of drug-likeness (QED) is 0.536. The van der Waals surface area contributed by atoms with E-state index in [-0.39, 0.29) is 17.1 Å². The summed E-state index contributed by atoms with van der Waals surface area (Å²) in [6.07, 6.45) is 5.37. The SMILES string of the molecule is CC(=O)Nc1ccc(S[C@@H](C)C(=O)Nc2sc3c(c2C#N)CCCCC3)cc1. The Labute approximate surface area is 173 Å². The van der Waals surface area contributed by atoms with Crippen molar-refractivity contribution < 1.29 is 9.59 Å². The van der Waals surface area contributed by atoms with E-state index < -0.39 is 0 Å². The predicted molar refractivity (Wildman–Crippen MR) is 115 cm³/mol. The zero-order valence-electron chi connectivity index (χ0n) is 16.0. The number of nitriles is 1. The van der Waals surface area contributed by atoms with Crippen LogP contribution in [0.25, 0.3) is 0 Å². The Balaban J connectivity index is 1.66. The van der Waals surface area contributed by atoms with Crippen molar-refractivity contribution in [1.82, 2.24) is 0 Å². The number of thiophene rings is 1. The van der Waals surface area contributed by atoms with E-state index >= 15 is 0 Å². The third kappa shape index (κ3) is 4.94. The number of benzene rings is 1. The van der Waals surface area contributed by atoms with E-state index in [1.54, 1.807) is 11.3 Å². The van der Waals surface area contributed by atoms with Crippen LogP contribution in [0.3, 0.4) is 0 Å². The highest BCUT2D eigenvalue weighted by Gasteiger charge is 2.23. The molecule has 0 saturated carbocycles. The van der Waals surface area contributed by atoms with Gasteiger partial charge in [-0.15, -0.1) is 23.1 Å². The van der Waals surface area contributed by atoms with Crippen LogP contribution >= 0.6 is 23.1 Å². The number of hydrogen-bond donors (Lipinski definition) is 2. The number of carbonyl (C=O) groups excluding carboxylic acids is 2. The molecule has 1 aromatic carbocycles. The average molecular weight is 414 g/mol. The summed E-state index contributed by atoms with van der Waals surface area (Å²) in [5.41, 5.74) is 2.51. The molecule has 0 radical (unpaired) electrons. The third-order valence-electron chi connectivity index (χ3n) is 4.63. The molecule has 1 aromatic heterocycles. The molecule has 2 amide bonds. The molecule has 2 N–H and O–H groups in total. The lowest BCUT2D eigenvalue weighted by atomic mass is 10.1. The van der Waals surface area contributed by atoms with E-state index in [4.69, 9.17) is 0 Å². The Hall–Kier alpha value is -2.30. The number of carbonyl (C=O) groups is 2. The second-order valence-electron chi connectivity index (χ2n) is 6.84. The minimum Gasteiger partial charge on any atom is -0.326 e. The summed E-state index contributed by atoms with van der Waals surface area (Å²) in [5.74, 6) is -0.223. The maximum atomic E-state index is 12.7. The van der Waals surface area contributed by atoms with Crippen molar-refractivity contribution in [2.24, 2.45) is 0 Å². The second-order valence-corrected chi connectivity index (χ2v) is 9.35. The van der Waals surface area contributed by atoms with Gasteiger partial charge in [0.05, 0.1) is 10.8 Å². The van der Waals surface area contributed by atoms with Crippen LogP contribution in [0.2, 0.25) is 0 Å². The number of fused-ring (bicyclic) bond motifs is 1. The van der Waals surface area contributed by atoms with Crippen LogP contribution in [0.15, 0.2) is 29.2 Å². The predicted octanol–water partition coefficient (Wildman–Crippen LogP) is 4.97. The summed E-state index contributed by atoms with van der Waals surface area (Å²) in [6, 6.07) is 9.70. The first-order valence-corrected chi connectivity index (χ1v) is 11.1. The molecule has 0 bridgehead atoms. The van der Waals surface area contributed by atoms with E-state index in [2.05, 4.69) is 16.7 Å².